The van der Waals surface area contributed by atoms with Crippen molar-refractivity contribution in [2.75, 3.05) is 7.11 Å². The molecule has 1 aromatic rings. The van der Waals surface area contributed by atoms with Crippen LogP contribution in [0.15, 0.2) is 24.3 Å². The van der Waals surface area contributed by atoms with Gasteiger partial charge in [-0.3, -0.25) is 4.79 Å². The van der Waals surface area contributed by atoms with Crippen LogP contribution in [-0.2, 0) is 4.79 Å². The van der Waals surface area contributed by atoms with Gasteiger partial charge in [0.25, 0.3) is 0 Å². The molecule has 0 unspecified atom stereocenters. The minimum absolute atomic E-state index is 0.563. The van der Waals surface area contributed by atoms with Gasteiger partial charge in [-0.1, -0.05) is 12.1 Å². The van der Waals surface area contributed by atoms with Crippen molar-refractivity contribution in [3.63, 3.8) is 0 Å². The van der Waals surface area contributed by atoms with E-state index >= 15 is 0 Å². The van der Waals surface area contributed by atoms with Gasteiger partial charge in [0.1, 0.15) is 5.75 Å². The third-order valence-electron chi connectivity index (χ3n) is 2.67. The van der Waals surface area contributed by atoms with Crippen molar-refractivity contribution in [1.29, 1.82) is 0 Å². The van der Waals surface area contributed by atoms with E-state index in [1.807, 2.05) is 0 Å². The topological polar surface area (TPSA) is 66.8 Å². The number of rotatable bonds is 4. The lowest BCUT2D eigenvalue weighted by Gasteiger charge is -2.26. The quantitative estimate of drug-likeness (QED) is 0.819. The van der Waals surface area contributed by atoms with Crippen LogP contribution in [0.4, 0.5) is 0 Å². The Kier molecular flexibility index (Phi) is 3.55. The summed E-state index contributed by atoms with van der Waals surface area (Å²) >= 11 is 0. The lowest BCUT2D eigenvalue weighted by molar-refractivity contribution is -0.153. The fourth-order valence-electron chi connectivity index (χ4n) is 1.32. The molecule has 0 spiro atoms. The summed E-state index contributed by atoms with van der Waals surface area (Å²) in [7, 11) is 1.55. The molecule has 1 rings (SSSR count). The molecule has 4 nitrogen and oxygen atoms in total. The Morgan fingerprint density at radius 3 is 2.19 bits per heavy atom. The van der Waals surface area contributed by atoms with Gasteiger partial charge >= 0.3 is 5.97 Å². The van der Waals surface area contributed by atoms with Crippen LogP contribution in [0.5, 0.6) is 5.75 Å². The standard InChI is InChI=1S/C12H16O4/c1-12(2,11(14)15)10(13)8-4-6-9(16-3)7-5-8/h4-7,10,13H,1-3H3,(H,14,15)/t10-/m0/s1. The fourth-order valence-corrected chi connectivity index (χ4v) is 1.32. The summed E-state index contributed by atoms with van der Waals surface area (Å²) in [5, 5.41) is 18.9. The Hall–Kier alpha value is -1.55. The molecular formula is C12H16O4. The molecule has 1 aromatic carbocycles. The maximum atomic E-state index is 11.0. The highest BCUT2D eigenvalue weighted by molar-refractivity contribution is 5.74. The van der Waals surface area contributed by atoms with Crippen LogP contribution < -0.4 is 4.74 Å². The second kappa shape index (κ2) is 4.53. The van der Waals surface area contributed by atoms with Gasteiger partial charge in [0, 0.05) is 0 Å². The zero-order valence-electron chi connectivity index (χ0n) is 9.60. The first-order chi connectivity index (χ1) is 7.39. The van der Waals surface area contributed by atoms with Crippen molar-refractivity contribution in [2.45, 2.75) is 20.0 Å². The SMILES string of the molecule is COc1ccc([C@H](O)C(C)(C)C(=O)O)cc1. The minimum atomic E-state index is -1.21. The molecule has 0 radical (unpaired) electrons. The van der Waals surface area contributed by atoms with Gasteiger partial charge in [-0.2, -0.15) is 0 Å². The summed E-state index contributed by atoms with van der Waals surface area (Å²) in [6, 6.07) is 6.70. The van der Waals surface area contributed by atoms with Crippen LogP contribution in [-0.4, -0.2) is 23.3 Å². The van der Waals surface area contributed by atoms with Crippen molar-refractivity contribution in [3.8, 4) is 5.75 Å². The van der Waals surface area contributed by atoms with Gasteiger partial charge < -0.3 is 14.9 Å². The van der Waals surface area contributed by atoms with Crippen LogP contribution in [0.2, 0.25) is 0 Å². The first-order valence-electron chi connectivity index (χ1n) is 4.95. The van der Waals surface area contributed by atoms with Crippen molar-refractivity contribution in [3.05, 3.63) is 29.8 Å². The molecule has 0 aliphatic rings. The van der Waals surface area contributed by atoms with E-state index in [0.717, 1.165) is 0 Å². The highest BCUT2D eigenvalue weighted by Crippen LogP contribution is 2.33. The van der Waals surface area contributed by atoms with Gasteiger partial charge in [0.05, 0.1) is 18.6 Å². The maximum absolute atomic E-state index is 11.0. The third-order valence-corrected chi connectivity index (χ3v) is 2.67. The van der Waals surface area contributed by atoms with Crippen molar-refractivity contribution < 1.29 is 19.7 Å². The van der Waals surface area contributed by atoms with Crippen LogP contribution in [0, 0.1) is 5.41 Å². The third kappa shape index (κ3) is 2.33. The largest absolute Gasteiger partial charge is 0.497 e. The average molecular weight is 224 g/mol. The van der Waals surface area contributed by atoms with Crippen LogP contribution in [0.1, 0.15) is 25.5 Å². The summed E-state index contributed by atoms with van der Waals surface area (Å²) in [6.45, 7) is 2.98. The molecule has 0 saturated heterocycles. The molecule has 16 heavy (non-hydrogen) atoms. The van der Waals surface area contributed by atoms with E-state index in [4.69, 9.17) is 9.84 Å². The van der Waals surface area contributed by atoms with E-state index in [9.17, 15) is 9.90 Å². The van der Waals surface area contributed by atoms with E-state index in [1.54, 1.807) is 31.4 Å². The Morgan fingerprint density at radius 2 is 1.81 bits per heavy atom. The smallest absolute Gasteiger partial charge is 0.312 e. The Labute approximate surface area is 94.5 Å². The number of aliphatic carboxylic acids is 1. The lowest BCUT2D eigenvalue weighted by atomic mass is 9.83. The minimum Gasteiger partial charge on any atom is -0.497 e. The van der Waals surface area contributed by atoms with E-state index < -0.39 is 17.5 Å². The molecule has 0 aliphatic carbocycles. The monoisotopic (exact) mass is 224 g/mol. The number of carboxylic acids is 1. The van der Waals surface area contributed by atoms with Gasteiger partial charge in [-0.25, -0.2) is 0 Å². The molecule has 4 heteroatoms. The zero-order chi connectivity index (χ0) is 12.3. The van der Waals surface area contributed by atoms with Crippen LogP contribution in [0.25, 0.3) is 0 Å². The Morgan fingerprint density at radius 1 is 1.31 bits per heavy atom. The van der Waals surface area contributed by atoms with Crippen LogP contribution in [0.3, 0.4) is 0 Å². The van der Waals surface area contributed by atoms with Crippen molar-refractivity contribution in [2.24, 2.45) is 5.41 Å². The molecule has 0 saturated carbocycles. The number of benzene rings is 1. The number of hydrogen-bond acceptors (Lipinski definition) is 3. The van der Waals surface area contributed by atoms with Gasteiger partial charge in [-0.05, 0) is 31.5 Å². The van der Waals surface area contributed by atoms with E-state index in [2.05, 4.69) is 0 Å². The number of aliphatic hydroxyl groups is 1. The molecule has 0 fully saturated rings. The molecule has 2 N–H and O–H groups in total. The maximum Gasteiger partial charge on any atom is 0.312 e. The van der Waals surface area contributed by atoms with E-state index in [0.29, 0.717) is 11.3 Å². The number of carbonyl (C=O) groups is 1. The predicted molar refractivity (Wildman–Crippen MR) is 59.4 cm³/mol. The molecular weight excluding hydrogens is 208 g/mol. The van der Waals surface area contributed by atoms with Crippen molar-refractivity contribution >= 4 is 5.97 Å². The average Bonchev–Trinajstić information content (AvgIpc) is 2.28. The van der Waals surface area contributed by atoms with Crippen LogP contribution >= 0.6 is 0 Å². The summed E-state index contributed by atoms with van der Waals surface area (Å²) < 4.78 is 4.98. The highest BCUT2D eigenvalue weighted by atomic mass is 16.5. The summed E-state index contributed by atoms with van der Waals surface area (Å²) in [5.74, 6) is -0.361. The van der Waals surface area contributed by atoms with Gasteiger partial charge in [0.15, 0.2) is 0 Å². The molecule has 0 heterocycles. The molecule has 88 valence electrons. The summed E-state index contributed by atoms with van der Waals surface area (Å²) in [4.78, 5) is 11.0. The first kappa shape index (κ1) is 12.5. The molecule has 0 amide bonds. The van der Waals surface area contributed by atoms with Gasteiger partial charge in [0.2, 0.25) is 0 Å². The second-order valence-corrected chi connectivity index (χ2v) is 4.20. The second-order valence-electron chi connectivity index (χ2n) is 4.20. The predicted octanol–water partition coefficient (Wildman–Crippen LogP) is 1.84. The molecule has 0 aliphatic heterocycles. The Bertz CT molecular complexity index is 367. The lowest BCUT2D eigenvalue weighted by Crippen LogP contribution is -2.31. The first-order valence-corrected chi connectivity index (χ1v) is 4.95. The zero-order valence-corrected chi connectivity index (χ0v) is 9.60. The number of hydrogen-bond donors (Lipinski definition) is 2. The summed E-state index contributed by atoms with van der Waals surface area (Å²) in [6.07, 6.45) is -1.05. The van der Waals surface area contributed by atoms with Crippen molar-refractivity contribution in [1.82, 2.24) is 0 Å². The number of methoxy groups -OCH3 is 1. The van der Waals surface area contributed by atoms with E-state index in [1.165, 1.54) is 13.8 Å². The number of aliphatic hydroxyl groups excluding tert-OH is 1. The fraction of sp³-hybridized carbons (Fsp3) is 0.417. The summed E-state index contributed by atoms with van der Waals surface area (Å²) in [5.41, 5.74) is -0.651. The van der Waals surface area contributed by atoms with Gasteiger partial charge in [-0.15, -0.1) is 0 Å². The highest BCUT2D eigenvalue weighted by Gasteiger charge is 2.36. The molecule has 0 bridgehead atoms. The number of ether oxygens (including phenoxy) is 1. The molecule has 0 aromatic heterocycles. The number of carboxylic acid groups (broad SMARTS) is 1. The Balaban J connectivity index is 2.96. The molecule has 1 atom stereocenters. The normalized spacial score (nSPS) is 13.2. The van der Waals surface area contributed by atoms with E-state index in [-0.39, 0.29) is 0 Å².